The number of halogens is 2. The Balaban J connectivity index is 1.86. The van der Waals surface area contributed by atoms with Crippen molar-refractivity contribution in [3.63, 3.8) is 0 Å². The molecular weight excluding hydrogens is 436 g/mol. The van der Waals surface area contributed by atoms with Gasteiger partial charge >= 0.3 is 0 Å². The maximum Gasteiger partial charge on any atom is 0.156 e. The van der Waals surface area contributed by atoms with E-state index in [1.165, 1.54) is 12.1 Å². The third-order valence-corrected chi connectivity index (χ3v) is 5.47. The van der Waals surface area contributed by atoms with Gasteiger partial charge in [0.2, 0.25) is 0 Å². The zero-order valence-corrected chi connectivity index (χ0v) is 19.3. The van der Waals surface area contributed by atoms with E-state index >= 15 is 0 Å². The summed E-state index contributed by atoms with van der Waals surface area (Å²) in [5, 5.41) is 8.97. The van der Waals surface area contributed by atoms with Crippen LogP contribution in [-0.2, 0) is 0 Å². The Morgan fingerprint density at radius 1 is 0.765 bits per heavy atom. The van der Waals surface area contributed by atoms with Crippen LogP contribution < -0.4 is 14.4 Å². The second-order valence-corrected chi connectivity index (χ2v) is 7.67. The zero-order valence-electron chi connectivity index (χ0n) is 19.3. The quantitative estimate of drug-likeness (QED) is 0.294. The summed E-state index contributed by atoms with van der Waals surface area (Å²) in [4.78, 5) is 1.71. The fourth-order valence-corrected chi connectivity index (χ4v) is 3.75. The van der Waals surface area contributed by atoms with Crippen molar-refractivity contribution in [2.75, 3.05) is 25.7 Å². The summed E-state index contributed by atoms with van der Waals surface area (Å²) in [6.07, 6.45) is 0.733. The average molecular weight is 462 g/mol. The van der Waals surface area contributed by atoms with Gasteiger partial charge in [-0.15, -0.1) is 10.2 Å². The number of nitrogens with zero attached hydrogens (tertiary/aromatic N) is 3. The zero-order chi connectivity index (χ0) is 24.1. The van der Waals surface area contributed by atoms with Crippen molar-refractivity contribution in [2.24, 2.45) is 0 Å². The largest absolute Gasteiger partial charge is 0.497 e. The van der Waals surface area contributed by atoms with Crippen LogP contribution >= 0.6 is 0 Å². The van der Waals surface area contributed by atoms with Gasteiger partial charge in [-0.3, -0.25) is 0 Å². The molecule has 0 aliphatic rings. The van der Waals surface area contributed by atoms with Crippen LogP contribution in [0.5, 0.6) is 11.5 Å². The Bertz CT molecular complexity index is 1260. The molecule has 0 N–H and O–H groups in total. The molecule has 0 spiro atoms. The normalized spacial score (nSPS) is 10.7. The fraction of sp³-hybridized carbons (Fsp3) is 0.185. The first-order chi connectivity index (χ1) is 16.5. The predicted molar refractivity (Wildman–Crippen MR) is 130 cm³/mol. The van der Waals surface area contributed by atoms with Crippen LogP contribution in [0.2, 0.25) is 0 Å². The number of rotatable bonds is 8. The van der Waals surface area contributed by atoms with Crippen LogP contribution in [0.3, 0.4) is 0 Å². The number of methoxy groups -OCH3 is 2. The molecule has 174 valence electrons. The molecule has 4 rings (SSSR count). The highest BCUT2D eigenvalue weighted by molar-refractivity contribution is 5.83. The first-order valence-electron chi connectivity index (χ1n) is 10.9. The third-order valence-electron chi connectivity index (χ3n) is 5.47. The van der Waals surface area contributed by atoms with Gasteiger partial charge in [0.1, 0.15) is 28.8 Å². The SMILES string of the molecule is CCCN(c1cc(-c2ccc(OC)cc2)c(-c2ccc(OC)cc2)nn1)c1ccc(F)cc1F. The molecule has 5 nitrogen and oxygen atoms in total. The van der Waals surface area contributed by atoms with E-state index in [-0.39, 0.29) is 5.69 Å². The van der Waals surface area contributed by atoms with Gasteiger partial charge in [-0.2, -0.15) is 0 Å². The lowest BCUT2D eigenvalue weighted by atomic mass is 9.99. The van der Waals surface area contributed by atoms with Crippen molar-refractivity contribution < 1.29 is 18.3 Å². The standard InChI is InChI=1S/C27H25F2N3O2/c1-4-15-32(25-14-9-20(28)16-24(25)29)26-17-23(18-5-10-21(33-2)11-6-18)27(31-30-26)19-7-12-22(34-3)13-8-19/h5-14,16-17H,4,15H2,1-3H3. The van der Waals surface area contributed by atoms with Gasteiger partial charge in [0.15, 0.2) is 5.82 Å². The number of hydrogen-bond donors (Lipinski definition) is 0. The first kappa shape index (κ1) is 23.2. The number of hydrogen-bond acceptors (Lipinski definition) is 5. The number of aromatic nitrogens is 2. The van der Waals surface area contributed by atoms with Crippen molar-refractivity contribution in [1.29, 1.82) is 0 Å². The van der Waals surface area contributed by atoms with E-state index in [0.717, 1.165) is 40.7 Å². The highest BCUT2D eigenvalue weighted by Gasteiger charge is 2.19. The maximum absolute atomic E-state index is 14.7. The molecule has 0 amide bonds. The number of ether oxygens (including phenoxy) is 2. The van der Waals surface area contributed by atoms with Crippen molar-refractivity contribution in [2.45, 2.75) is 13.3 Å². The van der Waals surface area contributed by atoms with E-state index in [0.29, 0.717) is 18.1 Å². The van der Waals surface area contributed by atoms with Gasteiger partial charge in [0.25, 0.3) is 0 Å². The van der Waals surface area contributed by atoms with Crippen molar-refractivity contribution in [1.82, 2.24) is 10.2 Å². The smallest absolute Gasteiger partial charge is 0.156 e. The van der Waals surface area contributed by atoms with E-state index in [1.54, 1.807) is 19.1 Å². The number of benzene rings is 3. The third kappa shape index (κ3) is 4.83. The molecule has 7 heteroatoms. The maximum atomic E-state index is 14.7. The molecule has 0 radical (unpaired) electrons. The summed E-state index contributed by atoms with van der Waals surface area (Å²) in [6, 6.07) is 20.6. The van der Waals surface area contributed by atoms with E-state index in [9.17, 15) is 8.78 Å². The fourth-order valence-electron chi connectivity index (χ4n) is 3.75. The summed E-state index contributed by atoms with van der Waals surface area (Å²) < 4.78 is 38.8. The monoisotopic (exact) mass is 461 g/mol. The van der Waals surface area contributed by atoms with Crippen LogP contribution in [0, 0.1) is 11.6 Å². The Morgan fingerprint density at radius 3 is 1.94 bits per heavy atom. The molecule has 3 aromatic carbocycles. The highest BCUT2D eigenvalue weighted by Crippen LogP contribution is 2.36. The lowest BCUT2D eigenvalue weighted by molar-refractivity contribution is 0.414. The van der Waals surface area contributed by atoms with Crippen LogP contribution in [0.4, 0.5) is 20.3 Å². The molecule has 1 heterocycles. The summed E-state index contributed by atoms with van der Waals surface area (Å²) in [5.74, 6) is 0.659. The summed E-state index contributed by atoms with van der Waals surface area (Å²) >= 11 is 0. The molecule has 0 saturated carbocycles. The van der Waals surface area contributed by atoms with Gasteiger partial charge in [-0.05, 0) is 66.6 Å². The molecule has 0 saturated heterocycles. The topological polar surface area (TPSA) is 47.5 Å². The van der Waals surface area contributed by atoms with Gasteiger partial charge in [0.05, 0.1) is 19.9 Å². The minimum Gasteiger partial charge on any atom is -0.497 e. The van der Waals surface area contributed by atoms with E-state index in [4.69, 9.17) is 9.47 Å². The summed E-state index contributed by atoms with van der Waals surface area (Å²) in [6.45, 7) is 2.47. The van der Waals surface area contributed by atoms with Gasteiger partial charge < -0.3 is 14.4 Å². The highest BCUT2D eigenvalue weighted by atomic mass is 19.1. The van der Waals surface area contributed by atoms with Gasteiger partial charge in [0, 0.05) is 23.7 Å². The van der Waals surface area contributed by atoms with Crippen LogP contribution in [0.1, 0.15) is 13.3 Å². The molecule has 0 bridgehead atoms. The Hall–Kier alpha value is -4.00. The Labute approximate surface area is 197 Å². The minimum atomic E-state index is -0.652. The summed E-state index contributed by atoms with van der Waals surface area (Å²) in [5.41, 5.74) is 3.50. The Morgan fingerprint density at radius 2 is 1.38 bits per heavy atom. The molecular formula is C27H25F2N3O2. The average Bonchev–Trinajstić information content (AvgIpc) is 2.87. The second kappa shape index (κ2) is 10.3. The summed E-state index contributed by atoms with van der Waals surface area (Å²) in [7, 11) is 3.23. The lowest BCUT2D eigenvalue weighted by Gasteiger charge is -2.24. The van der Waals surface area contributed by atoms with Gasteiger partial charge in [-0.1, -0.05) is 19.1 Å². The molecule has 0 aliphatic carbocycles. The Kier molecular flexibility index (Phi) is 7.01. The van der Waals surface area contributed by atoms with Crippen molar-refractivity contribution in [3.8, 4) is 33.9 Å². The van der Waals surface area contributed by atoms with E-state index < -0.39 is 11.6 Å². The van der Waals surface area contributed by atoms with Crippen molar-refractivity contribution >= 4 is 11.5 Å². The number of anilines is 2. The van der Waals surface area contributed by atoms with E-state index in [1.807, 2.05) is 61.5 Å². The van der Waals surface area contributed by atoms with Crippen molar-refractivity contribution in [3.05, 3.63) is 84.4 Å². The molecule has 1 aromatic heterocycles. The van der Waals surface area contributed by atoms with Crippen LogP contribution in [-0.4, -0.2) is 31.0 Å². The molecule has 0 unspecified atom stereocenters. The molecule has 0 aliphatic heterocycles. The first-order valence-corrected chi connectivity index (χ1v) is 10.9. The molecule has 0 fully saturated rings. The second-order valence-electron chi connectivity index (χ2n) is 7.67. The van der Waals surface area contributed by atoms with Gasteiger partial charge in [-0.25, -0.2) is 8.78 Å². The van der Waals surface area contributed by atoms with Crippen LogP contribution in [0.15, 0.2) is 72.8 Å². The molecule has 4 aromatic rings. The minimum absolute atomic E-state index is 0.246. The lowest BCUT2D eigenvalue weighted by Crippen LogP contribution is -2.21. The molecule has 34 heavy (non-hydrogen) atoms. The van der Waals surface area contributed by atoms with E-state index in [2.05, 4.69) is 10.2 Å². The predicted octanol–water partition coefficient (Wildman–Crippen LogP) is 6.65. The molecule has 0 atom stereocenters. The van der Waals surface area contributed by atoms with Crippen LogP contribution in [0.25, 0.3) is 22.4 Å².